The van der Waals surface area contributed by atoms with Gasteiger partial charge in [-0.1, -0.05) is 12.1 Å². The fraction of sp³-hybridized carbons (Fsp3) is 0.429. The van der Waals surface area contributed by atoms with E-state index in [1.165, 1.54) is 0 Å². The van der Waals surface area contributed by atoms with Crippen molar-refractivity contribution in [3.05, 3.63) is 42.0 Å². The number of rotatable bonds is 3. The third-order valence-corrected chi connectivity index (χ3v) is 5.73. The molecule has 2 amide bonds. The lowest BCUT2D eigenvalue weighted by molar-refractivity contribution is -0.130. The zero-order chi connectivity index (χ0) is 19.0. The maximum absolute atomic E-state index is 12.8. The Balaban J connectivity index is 1.45. The number of phenols is 1. The maximum atomic E-state index is 12.8. The van der Waals surface area contributed by atoms with Crippen LogP contribution in [0.5, 0.6) is 5.75 Å². The lowest BCUT2D eigenvalue weighted by Crippen LogP contribution is -2.45. The molecule has 2 N–H and O–H groups in total. The van der Waals surface area contributed by atoms with Crippen molar-refractivity contribution in [2.75, 3.05) is 26.7 Å². The number of carbonyl (C=O) groups is 2. The first-order valence-electron chi connectivity index (χ1n) is 9.52. The predicted octanol–water partition coefficient (Wildman–Crippen LogP) is 1.97. The van der Waals surface area contributed by atoms with E-state index in [1.807, 2.05) is 11.0 Å². The highest BCUT2D eigenvalue weighted by atomic mass is 16.3. The molecule has 0 aromatic heterocycles. The minimum Gasteiger partial charge on any atom is -0.508 e. The summed E-state index contributed by atoms with van der Waals surface area (Å²) in [5, 5.41) is 14.3. The first-order valence-corrected chi connectivity index (χ1v) is 9.52. The van der Waals surface area contributed by atoms with E-state index >= 15 is 0 Å². The zero-order valence-corrected chi connectivity index (χ0v) is 15.5. The molecular weight excluding hydrogens is 342 g/mol. The molecule has 2 heterocycles. The number of piperidine rings is 1. The van der Waals surface area contributed by atoms with Crippen LogP contribution in [0, 0.1) is 0 Å². The Hall–Kier alpha value is -2.60. The van der Waals surface area contributed by atoms with Gasteiger partial charge in [0.1, 0.15) is 5.75 Å². The first-order chi connectivity index (χ1) is 13.0. The number of fused-ring (bicyclic) bond motifs is 1. The molecule has 1 atom stereocenters. The summed E-state index contributed by atoms with van der Waals surface area (Å²) in [5.74, 6) is 0.141. The van der Waals surface area contributed by atoms with Crippen molar-refractivity contribution in [1.82, 2.24) is 15.1 Å². The number of benzene rings is 2. The smallest absolute Gasteiger partial charge is 0.252 e. The molecule has 0 bridgehead atoms. The molecule has 2 aromatic carbocycles. The lowest BCUT2D eigenvalue weighted by atomic mass is 10.0. The summed E-state index contributed by atoms with van der Waals surface area (Å²) in [6, 6.07) is 10.6. The SMILES string of the molecule is CN1CCC(N2CC(NC(=O)c3cccc4cc(O)ccc34)CC2=O)CC1. The van der Waals surface area contributed by atoms with Crippen LogP contribution in [0.25, 0.3) is 10.8 Å². The molecule has 0 aliphatic carbocycles. The summed E-state index contributed by atoms with van der Waals surface area (Å²) in [7, 11) is 2.11. The molecule has 6 heteroatoms. The molecule has 0 saturated carbocycles. The molecule has 2 aromatic rings. The van der Waals surface area contributed by atoms with Crippen LogP contribution in [0.1, 0.15) is 29.6 Å². The number of phenolic OH excluding ortho intramolecular Hbond substituents is 1. The minimum absolute atomic E-state index is 0.137. The van der Waals surface area contributed by atoms with Crippen molar-refractivity contribution in [3.63, 3.8) is 0 Å². The molecule has 0 radical (unpaired) electrons. The van der Waals surface area contributed by atoms with Gasteiger partial charge in [-0.15, -0.1) is 0 Å². The Bertz CT molecular complexity index is 874. The Labute approximate surface area is 158 Å². The average Bonchev–Trinajstić information content (AvgIpc) is 3.01. The highest BCUT2D eigenvalue weighted by Gasteiger charge is 2.36. The summed E-state index contributed by atoms with van der Waals surface area (Å²) in [6.45, 7) is 2.60. The van der Waals surface area contributed by atoms with Gasteiger partial charge in [-0.3, -0.25) is 9.59 Å². The van der Waals surface area contributed by atoms with Crippen molar-refractivity contribution >= 4 is 22.6 Å². The number of nitrogens with one attached hydrogen (secondary N) is 1. The highest BCUT2D eigenvalue weighted by molar-refractivity contribution is 6.07. The van der Waals surface area contributed by atoms with Crippen LogP contribution < -0.4 is 5.32 Å². The van der Waals surface area contributed by atoms with Crippen molar-refractivity contribution < 1.29 is 14.7 Å². The number of hydrogen-bond acceptors (Lipinski definition) is 4. The lowest BCUT2D eigenvalue weighted by Gasteiger charge is -2.35. The van der Waals surface area contributed by atoms with Gasteiger partial charge in [0.15, 0.2) is 0 Å². The first kappa shape index (κ1) is 17.8. The summed E-state index contributed by atoms with van der Waals surface area (Å²) in [6.07, 6.45) is 2.36. The Morgan fingerprint density at radius 1 is 1.19 bits per heavy atom. The van der Waals surface area contributed by atoms with E-state index in [9.17, 15) is 14.7 Å². The van der Waals surface area contributed by atoms with Crippen molar-refractivity contribution in [2.24, 2.45) is 0 Å². The molecular formula is C21H25N3O3. The zero-order valence-electron chi connectivity index (χ0n) is 15.5. The Morgan fingerprint density at radius 3 is 2.74 bits per heavy atom. The monoisotopic (exact) mass is 367 g/mol. The molecule has 2 aliphatic heterocycles. The summed E-state index contributed by atoms with van der Waals surface area (Å²) >= 11 is 0. The largest absolute Gasteiger partial charge is 0.508 e. The number of likely N-dealkylation sites (tertiary alicyclic amines) is 2. The quantitative estimate of drug-likeness (QED) is 0.870. The number of amides is 2. The molecule has 2 saturated heterocycles. The topological polar surface area (TPSA) is 72.9 Å². The predicted molar refractivity (Wildman–Crippen MR) is 104 cm³/mol. The molecule has 0 spiro atoms. The average molecular weight is 367 g/mol. The summed E-state index contributed by atoms with van der Waals surface area (Å²) < 4.78 is 0. The Kier molecular flexibility index (Phi) is 4.74. The van der Waals surface area contributed by atoms with E-state index in [-0.39, 0.29) is 29.6 Å². The van der Waals surface area contributed by atoms with Crippen LogP contribution >= 0.6 is 0 Å². The van der Waals surface area contributed by atoms with Crippen LogP contribution in [-0.2, 0) is 4.79 Å². The molecule has 27 heavy (non-hydrogen) atoms. The number of hydrogen-bond donors (Lipinski definition) is 2. The molecule has 142 valence electrons. The fourth-order valence-electron chi connectivity index (χ4n) is 4.22. The molecule has 1 unspecified atom stereocenters. The second-order valence-electron chi connectivity index (χ2n) is 7.67. The summed E-state index contributed by atoms with van der Waals surface area (Å²) in [4.78, 5) is 29.5. The third kappa shape index (κ3) is 3.62. The second-order valence-corrected chi connectivity index (χ2v) is 7.67. The van der Waals surface area contributed by atoms with Gasteiger partial charge in [-0.05, 0) is 68.0 Å². The van der Waals surface area contributed by atoms with Gasteiger partial charge < -0.3 is 20.2 Å². The van der Waals surface area contributed by atoms with Gasteiger partial charge in [0.05, 0.1) is 6.04 Å². The van der Waals surface area contributed by atoms with Crippen molar-refractivity contribution in [1.29, 1.82) is 0 Å². The van der Waals surface area contributed by atoms with E-state index in [0.717, 1.165) is 36.7 Å². The van der Waals surface area contributed by atoms with Crippen LogP contribution in [0.15, 0.2) is 36.4 Å². The molecule has 6 nitrogen and oxygen atoms in total. The maximum Gasteiger partial charge on any atom is 0.252 e. The molecule has 2 aliphatic rings. The molecule has 2 fully saturated rings. The van der Waals surface area contributed by atoms with E-state index in [0.29, 0.717) is 18.5 Å². The third-order valence-electron chi connectivity index (χ3n) is 5.73. The second kappa shape index (κ2) is 7.19. The van der Waals surface area contributed by atoms with Gasteiger partial charge in [-0.2, -0.15) is 0 Å². The normalized spacial score (nSPS) is 21.7. The van der Waals surface area contributed by atoms with E-state index < -0.39 is 0 Å². The van der Waals surface area contributed by atoms with Gasteiger partial charge in [0.2, 0.25) is 5.91 Å². The van der Waals surface area contributed by atoms with E-state index in [4.69, 9.17) is 0 Å². The highest BCUT2D eigenvalue weighted by Crippen LogP contribution is 2.25. The van der Waals surface area contributed by atoms with Crippen LogP contribution in [0.2, 0.25) is 0 Å². The number of nitrogens with zero attached hydrogens (tertiary/aromatic N) is 2. The van der Waals surface area contributed by atoms with Crippen LogP contribution in [0.3, 0.4) is 0 Å². The fourth-order valence-corrected chi connectivity index (χ4v) is 4.22. The van der Waals surface area contributed by atoms with Gasteiger partial charge in [0.25, 0.3) is 5.91 Å². The van der Waals surface area contributed by atoms with E-state index in [1.54, 1.807) is 30.3 Å². The van der Waals surface area contributed by atoms with Crippen LogP contribution in [-0.4, -0.2) is 65.5 Å². The van der Waals surface area contributed by atoms with Crippen molar-refractivity contribution in [3.8, 4) is 5.75 Å². The van der Waals surface area contributed by atoms with Crippen molar-refractivity contribution in [2.45, 2.75) is 31.3 Å². The Morgan fingerprint density at radius 2 is 1.96 bits per heavy atom. The minimum atomic E-state index is -0.172. The van der Waals surface area contributed by atoms with E-state index in [2.05, 4.69) is 17.3 Å². The van der Waals surface area contributed by atoms with Crippen LogP contribution in [0.4, 0.5) is 0 Å². The van der Waals surface area contributed by atoms with Gasteiger partial charge in [-0.25, -0.2) is 0 Å². The number of carbonyl (C=O) groups excluding carboxylic acids is 2. The molecule has 4 rings (SSSR count). The standard InChI is InChI=1S/C21H25N3O3/c1-23-9-7-16(8-10-23)24-13-15(12-20(24)26)22-21(27)19-4-2-3-14-11-17(25)5-6-18(14)19/h2-6,11,15-16,25H,7-10,12-13H2,1H3,(H,22,27). The van der Waals surface area contributed by atoms with Gasteiger partial charge >= 0.3 is 0 Å². The summed E-state index contributed by atoms with van der Waals surface area (Å²) in [5.41, 5.74) is 0.567. The van der Waals surface area contributed by atoms with Gasteiger partial charge in [0, 0.05) is 24.6 Å². The number of aromatic hydroxyl groups is 1.